The molecule has 6 heteroatoms. The largest absolute Gasteiger partial charge is 0.509 e. The summed E-state index contributed by atoms with van der Waals surface area (Å²) in [5.41, 5.74) is 16.8. The summed E-state index contributed by atoms with van der Waals surface area (Å²) in [5, 5.41) is 2.21. The van der Waals surface area contributed by atoms with Gasteiger partial charge in [-0.1, -0.05) is 197 Å². The third-order valence-electron chi connectivity index (χ3n) is 15.7. The van der Waals surface area contributed by atoms with Gasteiger partial charge in [0.05, 0.1) is 0 Å². The van der Waals surface area contributed by atoms with Crippen LogP contribution in [0.5, 0.6) is 11.5 Å². The predicted octanol–water partition coefficient (Wildman–Crippen LogP) is 18.8. The molecular formula is C70H67N4OPt-3. The fourth-order valence-electron chi connectivity index (χ4n) is 11.1. The van der Waals surface area contributed by atoms with Gasteiger partial charge < -0.3 is 19.1 Å². The maximum atomic E-state index is 6.99. The van der Waals surface area contributed by atoms with Gasteiger partial charge in [-0.15, -0.1) is 53.6 Å². The molecule has 0 atom stereocenters. The first-order valence-electron chi connectivity index (χ1n) is 26.6. The molecule has 76 heavy (non-hydrogen) atoms. The first kappa shape index (κ1) is 52.2. The Kier molecular flexibility index (Phi) is 14.0. The molecule has 0 radical (unpaired) electrons. The molecule has 0 saturated carbocycles. The molecule has 0 amide bonds. The van der Waals surface area contributed by atoms with Gasteiger partial charge >= 0.3 is 0 Å². The summed E-state index contributed by atoms with van der Waals surface area (Å²) in [5.74, 6) is 2.76. The Hall–Kier alpha value is -7.20. The van der Waals surface area contributed by atoms with Crippen LogP contribution in [0.2, 0.25) is 0 Å². The van der Waals surface area contributed by atoms with Crippen LogP contribution in [0.15, 0.2) is 188 Å². The van der Waals surface area contributed by atoms with Crippen molar-refractivity contribution < 1.29 is 25.8 Å². The molecule has 8 aromatic carbocycles. The second-order valence-electron chi connectivity index (χ2n) is 23.0. The molecule has 0 bridgehead atoms. The van der Waals surface area contributed by atoms with E-state index in [0.29, 0.717) is 23.3 Å². The van der Waals surface area contributed by atoms with Gasteiger partial charge in [-0.05, 0) is 110 Å². The van der Waals surface area contributed by atoms with E-state index in [0.717, 1.165) is 55.9 Å². The van der Waals surface area contributed by atoms with Crippen molar-refractivity contribution in [3.63, 3.8) is 0 Å². The van der Waals surface area contributed by atoms with E-state index in [1.54, 1.807) is 0 Å². The molecule has 11 rings (SSSR count). The Morgan fingerprint density at radius 3 is 1.78 bits per heavy atom. The minimum absolute atomic E-state index is 0. The Morgan fingerprint density at radius 1 is 0.500 bits per heavy atom. The van der Waals surface area contributed by atoms with Crippen molar-refractivity contribution in [2.24, 2.45) is 0 Å². The monoisotopic (exact) mass is 1170 g/mol. The fourth-order valence-corrected chi connectivity index (χ4v) is 11.1. The van der Waals surface area contributed by atoms with Crippen molar-refractivity contribution in [3.05, 3.63) is 246 Å². The van der Waals surface area contributed by atoms with Crippen LogP contribution in [0.4, 0.5) is 22.7 Å². The van der Waals surface area contributed by atoms with Crippen LogP contribution in [0, 0.1) is 18.8 Å². The van der Waals surface area contributed by atoms with Gasteiger partial charge in [-0.3, -0.25) is 0 Å². The number of para-hydroxylation sites is 1. The number of anilines is 4. The Bertz CT molecular complexity index is 3710. The first-order chi connectivity index (χ1) is 36.0. The van der Waals surface area contributed by atoms with Crippen LogP contribution in [-0.4, -0.2) is 9.55 Å². The van der Waals surface area contributed by atoms with E-state index in [-0.39, 0.29) is 37.3 Å². The third-order valence-corrected chi connectivity index (χ3v) is 15.7. The number of pyridine rings is 1. The second kappa shape index (κ2) is 20.4. The number of hydrogen-bond acceptors (Lipinski definition) is 4. The van der Waals surface area contributed by atoms with E-state index in [2.05, 4.69) is 285 Å². The van der Waals surface area contributed by atoms with Gasteiger partial charge in [-0.25, -0.2) is 4.98 Å². The van der Waals surface area contributed by atoms with E-state index >= 15 is 0 Å². The molecule has 0 N–H and O–H groups in total. The van der Waals surface area contributed by atoms with Crippen molar-refractivity contribution in [2.75, 3.05) is 9.80 Å². The second-order valence-corrected chi connectivity index (χ2v) is 23.0. The number of hydrogen-bond donors (Lipinski definition) is 0. The van der Waals surface area contributed by atoms with Crippen LogP contribution in [-0.2, 0) is 37.3 Å². The molecule has 3 heterocycles. The molecule has 10 aromatic rings. The van der Waals surface area contributed by atoms with Gasteiger partial charge in [0.25, 0.3) is 0 Å². The number of fused-ring (bicyclic) bond motifs is 4. The van der Waals surface area contributed by atoms with Crippen molar-refractivity contribution >= 4 is 44.6 Å². The smallest absolute Gasteiger partial charge is 0.135 e. The Morgan fingerprint density at radius 2 is 1.12 bits per heavy atom. The van der Waals surface area contributed by atoms with Crippen LogP contribution in [0.25, 0.3) is 38.8 Å². The number of rotatable bonds is 12. The normalized spacial score (nSPS) is 13.0. The topological polar surface area (TPSA) is 33.5 Å². The summed E-state index contributed by atoms with van der Waals surface area (Å²) in [6, 6.07) is 73.4. The Balaban J connectivity index is 0.00000657. The van der Waals surface area contributed by atoms with E-state index in [9.17, 15) is 0 Å². The zero-order valence-electron chi connectivity index (χ0n) is 45.6. The maximum Gasteiger partial charge on any atom is 0.135 e. The molecule has 1 aliphatic heterocycles. The molecule has 5 nitrogen and oxygen atoms in total. The zero-order valence-corrected chi connectivity index (χ0v) is 47.9. The zero-order chi connectivity index (χ0) is 52.4. The number of nitrogens with zero attached hydrogens (tertiary/aromatic N) is 4. The molecular weight excluding hydrogens is 1110 g/mol. The van der Waals surface area contributed by atoms with Crippen LogP contribution < -0.4 is 14.5 Å². The van der Waals surface area contributed by atoms with E-state index in [4.69, 9.17) is 9.72 Å². The average molecular weight is 1180 g/mol. The van der Waals surface area contributed by atoms with Crippen LogP contribution >= 0.6 is 0 Å². The standard InChI is InChI=1S/C70H67N4O.Pt/c1-46(2)58-29-21-30-59(47(3)4)67(58)48-32-35-63-65(38-48)72(54-27-20-26-51(39-54)69(8,9)49-22-14-12-15-23-49)45-73(63)55-40-53(68(5,6)7)41-57(43-55)75-56-33-34-61-60-28-18-19-31-62(60)74(64(61)44-56)66-42-52(36-37-71-66)70(10,11)50-24-16-13-17-25-50;/h12-42,45-47H,1-11H3;/q-3;. The number of aromatic nitrogens is 2. The molecule has 0 aliphatic carbocycles. The number of benzene rings is 8. The van der Waals surface area contributed by atoms with E-state index in [1.807, 2.05) is 12.3 Å². The van der Waals surface area contributed by atoms with Crippen LogP contribution in [0.3, 0.4) is 0 Å². The van der Waals surface area contributed by atoms with Crippen molar-refractivity contribution in [1.82, 2.24) is 9.55 Å². The Labute approximate surface area is 465 Å². The summed E-state index contributed by atoms with van der Waals surface area (Å²) in [7, 11) is 0. The quantitative estimate of drug-likeness (QED) is 0.114. The molecule has 2 aromatic heterocycles. The summed E-state index contributed by atoms with van der Waals surface area (Å²) in [6.45, 7) is 27.4. The third kappa shape index (κ3) is 9.57. The summed E-state index contributed by atoms with van der Waals surface area (Å²) < 4.78 is 9.21. The van der Waals surface area contributed by atoms with Gasteiger partial charge in [0.15, 0.2) is 0 Å². The SMILES string of the molecule is CC(C)c1cccc(C(C)C)c1-c1ccc2c(c1)N(c1cccc(C(C)(C)c3ccccc3)c1)[CH-]N2c1[c-]c(Oc2[c-]c3c(cc2)c2ccccc2n3-c2cc(C(C)(C)c3ccccc3)ccn2)cc(C(C)(C)C)c1.[Pt]. The van der Waals surface area contributed by atoms with Gasteiger partial charge in [0.1, 0.15) is 5.82 Å². The maximum absolute atomic E-state index is 6.99. The van der Waals surface area contributed by atoms with E-state index < -0.39 is 0 Å². The van der Waals surface area contributed by atoms with E-state index in [1.165, 1.54) is 44.5 Å². The molecule has 0 fully saturated rings. The minimum Gasteiger partial charge on any atom is -0.509 e. The van der Waals surface area contributed by atoms with Gasteiger partial charge in [-0.2, -0.15) is 6.07 Å². The number of ether oxygens (including phenoxy) is 1. The molecule has 0 spiro atoms. The summed E-state index contributed by atoms with van der Waals surface area (Å²) in [4.78, 5) is 9.65. The van der Waals surface area contributed by atoms with Crippen molar-refractivity contribution in [2.45, 2.75) is 104 Å². The summed E-state index contributed by atoms with van der Waals surface area (Å²) in [6.07, 6.45) is 1.93. The summed E-state index contributed by atoms with van der Waals surface area (Å²) >= 11 is 0. The van der Waals surface area contributed by atoms with Crippen molar-refractivity contribution in [1.29, 1.82) is 0 Å². The fraction of sp³-hybridized carbons (Fsp3) is 0.229. The molecule has 0 unspecified atom stereocenters. The molecule has 1 aliphatic rings. The van der Waals surface area contributed by atoms with Crippen molar-refractivity contribution in [3.8, 4) is 28.4 Å². The molecule has 0 saturated heterocycles. The predicted molar refractivity (Wildman–Crippen MR) is 314 cm³/mol. The first-order valence-corrected chi connectivity index (χ1v) is 26.6. The van der Waals surface area contributed by atoms with Crippen LogP contribution in [0.1, 0.15) is 127 Å². The molecule has 386 valence electrons. The van der Waals surface area contributed by atoms with Gasteiger partial charge in [0.2, 0.25) is 0 Å². The van der Waals surface area contributed by atoms with Gasteiger partial charge in [0, 0.05) is 72.2 Å². The minimum atomic E-state index is -0.242. The average Bonchev–Trinajstić information content (AvgIpc) is 3.96.